The van der Waals surface area contributed by atoms with Gasteiger partial charge < -0.3 is 9.53 Å². The molecule has 22 heavy (non-hydrogen) atoms. The van der Waals surface area contributed by atoms with Gasteiger partial charge in [0.1, 0.15) is 19.2 Å². The highest BCUT2D eigenvalue weighted by atomic mass is 28.3. The minimum Gasteiger partial charge on any atom is -0.496 e. The largest absolute Gasteiger partial charge is 0.496 e. The first kappa shape index (κ1) is 18.1. The monoisotopic (exact) mass is 321 g/mol. The van der Waals surface area contributed by atoms with Gasteiger partial charge in [0.2, 0.25) is 6.54 Å². The Morgan fingerprint density at radius 3 is 2.55 bits per heavy atom. The molecule has 0 aliphatic rings. The molecule has 6 heteroatoms. The molecular formula is C16H23NO4Si. The third kappa shape index (κ3) is 5.44. The maximum atomic E-state index is 11.9. The molecule has 0 bridgehead atoms. The Morgan fingerprint density at radius 2 is 2.00 bits per heavy atom. The van der Waals surface area contributed by atoms with Gasteiger partial charge in [0.25, 0.3) is 0 Å². The summed E-state index contributed by atoms with van der Waals surface area (Å²) >= 11 is 0. The molecule has 1 aromatic rings. The zero-order chi connectivity index (χ0) is 16.8. The molecule has 0 amide bonds. The molecule has 0 aliphatic heterocycles. The van der Waals surface area contributed by atoms with Crippen LogP contribution in [0.15, 0.2) is 36.4 Å². The molecule has 0 N–H and O–H groups in total. The summed E-state index contributed by atoms with van der Waals surface area (Å²) in [6.45, 7) is 5.75. The smallest absolute Gasteiger partial charge is 0.211 e. The SMILES string of the molecule is COc1ccccc1C(C/C=C/C(=O)[Si](C)(C)C)C[N+](=O)[O-]. The second-order valence-corrected chi connectivity index (χ2v) is 11.2. The van der Waals surface area contributed by atoms with Gasteiger partial charge in [-0.05, 0) is 18.6 Å². The zero-order valence-corrected chi connectivity index (χ0v) is 14.5. The van der Waals surface area contributed by atoms with Crippen molar-refractivity contribution in [3.63, 3.8) is 0 Å². The normalized spacial score (nSPS) is 13.1. The lowest BCUT2D eigenvalue weighted by Crippen LogP contribution is -2.31. The summed E-state index contributed by atoms with van der Waals surface area (Å²) in [6, 6.07) is 7.29. The molecule has 0 aliphatic carbocycles. The number of rotatable bonds is 8. The van der Waals surface area contributed by atoms with Crippen molar-refractivity contribution >= 4 is 13.5 Å². The van der Waals surface area contributed by atoms with E-state index in [4.69, 9.17) is 4.74 Å². The van der Waals surface area contributed by atoms with Gasteiger partial charge >= 0.3 is 0 Å². The Labute approximate surface area is 132 Å². The summed E-state index contributed by atoms with van der Waals surface area (Å²) in [7, 11) is -0.298. The first-order valence-corrected chi connectivity index (χ1v) is 10.7. The van der Waals surface area contributed by atoms with Crippen molar-refractivity contribution in [1.29, 1.82) is 0 Å². The van der Waals surface area contributed by atoms with Crippen LogP contribution < -0.4 is 4.74 Å². The van der Waals surface area contributed by atoms with E-state index in [-0.39, 0.29) is 22.8 Å². The fourth-order valence-electron chi connectivity index (χ4n) is 2.07. The summed E-state index contributed by atoms with van der Waals surface area (Å²) in [5.41, 5.74) is 0.798. The van der Waals surface area contributed by atoms with E-state index in [1.165, 1.54) is 0 Å². The van der Waals surface area contributed by atoms with Crippen LogP contribution in [0.3, 0.4) is 0 Å². The van der Waals surface area contributed by atoms with E-state index >= 15 is 0 Å². The Hall–Kier alpha value is -1.95. The van der Waals surface area contributed by atoms with Crippen LogP contribution in [0.4, 0.5) is 0 Å². The molecule has 0 heterocycles. The van der Waals surface area contributed by atoms with Crippen molar-refractivity contribution in [2.45, 2.75) is 32.0 Å². The number of nitro groups is 1. The average molecular weight is 321 g/mol. The van der Waals surface area contributed by atoms with Gasteiger partial charge in [-0.2, -0.15) is 0 Å². The van der Waals surface area contributed by atoms with Crippen LogP contribution in [0.5, 0.6) is 5.75 Å². The standard InChI is InChI=1S/C16H23NO4Si/c1-21-15-10-6-5-9-14(15)13(12-17(19)20)8-7-11-16(18)22(2,3)4/h5-7,9-11,13H,8,12H2,1-4H3/b11-7+. The number of hydrogen-bond donors (Lipinski definition) is 0. The number of hydrogen-bond acceptors (Lipinski definition) is 4. The Kier molecular flexibility index (Phi) is 6.49. The van der Waals surface area contributed by atoms with Crippen LogP contribution in [0.25, 0.3) is 0 Å². The maximum Gasteiger partial charge on any atom is 0.211 e. The van der Waals surface area contributed by atoms with Crippen LogP contribution in [0.1, 0.15) is 17.9 Å². The van der Waals surface area contributed by atoms with Gasteiger partial charge in [0.05, 0.1) is 13.0 Å². The molecule has 5 nitrogen and oxygen atoms in total. The molecule has 0 saturated heterocycles. The van der Waals surface area contributed by atoms with Crippen molar-refractivity contribution in [1.82, 2.24) is 0 Å². The molecule has 1 atom stereocenters. The van der Waals surface area contributed by atoms with Gasteiger partial charge in [-0.1, -0.05) is 43.9 Å². The van der Waals surface area contributed by atoms with Crippen molar-refractivity contribution in [3.05, 3.63) is 52.1 Å². The second-order valence-electron chi connectivity index (χ2n) is 6.21. The molecule has 1 aromatic carbocycles. The third-order valence-electron chi connectivity index (χ3n) is 3.38. The molecule has 0 radical (unpaired) electrons. The minimum atomic E-state index is -1.85. The molecule has 0 aromatic heterocycles. The van der Waals surface area contributed by atoms with E-state index in [1.54, 1.807) is 25.3 Å². The quantitative estimate of drug-likeness (QED) is 0.318. The van der Waals surface area contributed by atoms with Crippen molar-refractivity contribution in [2.75, 3.05) is 13.7 Å². The number of methoxy groups -OCH3 is 1. The zero-order valence-electron chi connectivity index (χ0n) is 13.5. The molecule has 120 valence electrons. The summed E-state index contributed by atoms with van der Waals surface area (Å²) in [6.07, 6.45) is 3.77. The van der Waals surface area contributed by atoms with E-state index < -0.39 is 8.07 Å². The van der Waals surface area contributed by atoms with Crippen LogP contribution in [-0.2, 0) is 4.79 Å². The lowest BCUT2D eigenvalue weighted by Gasteiger charge is -2.15. The highest BCUT2D eigenvalue weighted by molar-refractivity contribution is 7.04. The molecule has 0 fully saturated rings. The Balaban J connectivity index is 2.93. The number of carbonyl (C=O) groups is 1. The highest BCUT2D eigenvalue weighted by Gasteiger charge is 2.23. The molecule has 0 saturated carbocycles. The topological polar surface area (TPSA) is 69.4 Å². The number of carbonyl (C=O) groups excluding carboxylic acids is 1. The number of benzene rings is 1. The summed E-state index contributed by atoms with van der Waals surface area (Å²) in [5.74, 6) is 0.330. The lowest BCUT2D eigenvalue weighted by molar-refractivity contribution is -0.483. The minimum absolute atomic E-state index is 0.146. The molecule has 1 rings (SSSR count). The second kappa shape index (κ2) is 7.89. The number of para-hydroxylation sites is 1. The first-order valence-electron chi connectivity index (χ1n) is 7.21. The van der Waals surface area contributed by atoms with Crippen LogP contribution >= 0.6 is 0 Å². The van der Waals surface area contributed by atoms with Crippen molar-refractivity contribution in [2.24, 2.45) is 0 Å². The van der Waals surface area contributed by atoms with Gasteiger partial charge in [-0.15, -0.1) is 0 Å². The van der Waals surface area contributed by atoms with E-state index in [2.05, 4.69) is 0 Å². The van der Waals surface area contributed by atoms with Crippen LogP contribution in [0.2, 0.25) is 19.6 Å². The van der Waals surface area contributed by atoms with Crippen molar-refractivity contribution in [3.8, 4) is 5.75 Å². The molecule has 0 spiro atoms. The summed E-state index contributed by atoms with van der Waals surface area (Å²) in [4.78, 5) is 22.5. The highest BCUT2D eigenvalue weighted by Crippen LogP contribution is 2.29. The van der Waals surface area contributed by atoms with Crippen molar-refractivity contribution < 1.29 is 14.5 Å². The van der Waals surface area contributed by atoms with E-state index in [0.29, 0.717) is 12.2 Å². The third-order valence-corrected chi connectivity index (χ3v) is 5.02. The van der Waals surface area contributed by atoms with Gasteiger partial charge in [-0.25, -0.2) is 0 Å². The maximum absolute atomic E-state index is 11.9. The predicted octanol–water partition coefficient (Wildman–Crippen LogP) is 3.45. The fourth-order valence-corrected chi connectivity index (χ4v) is 2.69. The van der Waals surface area contributed by atoms with E-state index in [1.807, 2.05) is 37.8 Å². The summed E-state index contributed by atoms with van der Waals surface area (Å²) in [5, 5.41) is 11.1. The lowest BCUT2D eigenvalue weighted by atomic mass is 9.94. The fraction of sp³-hybridized carbons (Fsp3) is 0.438. The van der Waals surface area contributed by atoms with E-state index in [9.17, 15) is 14.9 Å². The van der Waals surface area contributed by atoms with E-state index in [0.717, 1.165) is 5.56 Å². The van der Waals surface area contributed by atoms with Gasteiger partial charge in [-0.3, -0.25) is 10.1 Å². The Bertz CT molecular complexity index is 564. The number of allylic oxidation sites excluding steroid dienone is 2. The number of ether oxygens (including phenoxy) is 1. The predicted molar refractivity (Wildman–Crippen MR) is 89.7 cm³/mol. The number of nitrogens with zero attached hydrogens (tertiary/aromatic N) is 1. The average Bonchev–Trinajstić information content (AvgIpc) is 2.44. The van der Waals surface area contributed by atoms with Gasteiger partial charge in [0.15, 0.2) is 0 Å². The van der Waals surface area contributed by atoms with Crippen LogP contribution in [-0.4, -0.2) is 32.1 Å². The van der Waals surface area contributed by atoms with Crippen LogP contribution in [0, 0.1) is 10.1 Å². The van der Waals surface area contributed by atoms with Gasteiger partial charge in [0, 0.05) is 10.5 Å². The first-order chi connectivity index (χ1) is 10.3. The Morgan fingerprint density at radius 1 is 1.36 bits per heavy atom. The molecule has 1 unspecified atom stereocenters. The molecular weight excluding hydrogens is 298 g/mol. The summed E-state index contributed by atoms with van der Waals surface area (Å²) < 4.78 is 5.28.